The molecule has 3 fully saturated rings. The second kappa shape index (κ2) is 10.6. The normalized spacial score (nSPS) is 25.3. The second-order valence-electron chi connectivity index (χ2n) is 13.7. The van der Waals surface area contributed by atoms with Gasteiger partial charge in [0.05, 0.1) is 23.1 Å². The number of hydrogen-bond donors (Lipinski definition) is 1. The largest absolute Gasteiger partial charge is 0.454 e. The standard InChI is InChI=1S/C34H44N4O4/c1-23-35-28-6-4-5-7-29(28)38(23)27-19-25-9-10-26(20-27)37(25)17-14-34(24-8-11-30-31(18-24)42-22-41-30)12-15-36(16-13-34)32(40)33(2,3)21-39/h4-8,11,18,25-27,39H,9-10,12-17,19-22H2,1-3H3. The zero-order valence-corrected chi connectivity index (χ0v) is 25.2. The molecule has 3 saturated heterocycles. The van der Waals surface area contributed by atoms with Gasteiger partial charge in [-0.15, -0.1) is 0 Å². The van der Waals surface area contributed by atoms with Crippen LogP contribution in [0, 0.1) is 12.3 Å². The number of aromatic nitrogens is 2. The molecule has 8 nitrogen and oxygen atoms in total. The van der Waals surface area contributed by atoms with E-state index < -0.39 is 5.41 Å². The van der Waals surface area contributed by atoms with E-state index in [0.717, 1.165) is 48.6 Å². The van der Waals surface area contributed by atoms with E-state index in [-0.39, 0.29) is 24.7 Å². The molecule has 1 amide bonds. The number of carbonyl (C=O) groups is 1. The van der Waals surface area contributed by atoms with E-state index in [0.29, 0.717) is 31.2 Å². The molecule has 0 spiro atoms. The summed E-state index contributed by atoms with van der Waals surface area (Å²) in [7, 11) is 0. The minimum atomic E-state index is -0.749. The maximum absolute atomic E-state index is 13.2. The van der Waals surface area contributed by atoms with Crippen LogP contribution in [0.2, 0.25) is 0 Å². The zero-order chi connectivity index (χ0) is 29.1. The highest BCUT2D eigenvalue weighted by Gasteiger charge is 2.45. The van der Waals surface area contributed by atoms with Crippen molar-refractivity contribution in [3.63, 3.8) is 0 Å². The summed E-state index contributed by atoms with van der Waals surface area (Å²) in [5.74, 6) is 2.82. The lowest BCUT2D eigenvalue weighted by atomic mass is 9.69. The number of rotatable bonds is 7. The van der Waals surface area contributed by atoms with Crippen LogP contribution in [-0.2, 0) is 10.2 Å². The van der Waals surface area contributed by atoms with Crippen LogP contribution in [0.1, 0.15) is 76.2 Å². The fraction of sp³-hybridized carbons (Fsp3) is 0.588. The van der Waals surface area contributed by atoms with Crippen molar-refractivity contribution in [2.75, 3.05) is 33.0 Å². The van der Waals surface area contributed by atoms with Crippen molar-refractivity contribution in [2.45, 2.75) is 89.3 Å². The van der Waals surface area contributed by atoms with Gasteiger partial charge in [0.15, 0.2) is 11.5 Å². The molecule has 2 aromatic carbocycles. The Morgan fingerprint density at radius 3 is 2.48 bits per heavy atom. The van der Waals surface area contributed by atoms with Crippen molar-refractivity contribution in [3.05, 3.63) is 53.9 Å². The van der Waals surface area contributed by atoms with Gasteiger partial charge in [-0.05, 0) is 102 Å². The molecule has 224 valence electrons. The molecule has 0 radical (unpaired) electrons. The summed E-state index contributed by atoms with van der Waals surface area (Å²) < 4.78 is 13.9. The van der Waals surface area contributed by atoms with Crippen LogP contribution in [0.3, 0.4) is 0 Å². The average molecular weight is 573 g/mol. The number of para-hydroxylation sites is 2. The molecule has 1 aromatic heterocycles. The highest BCUT2D eigenvalue weighted by Crippen LogP contribution is 2.47. The first-order valence-electron chi connectivity index (χ1n) is 15.8. The summed E-state index contributed by atoms with van der Waals surface area (Å²) in [6.45, 7) is 8.44. The van der Waals surface area contributed by atoms with Gasteiger partial charge in [-0.3, -0.25) is 9.69 Å². The van der Waals surface area contributed by atoms with Gasteiger partial charge in [0.2, 0.25) is 12.7 Å². The molecular weight excluding hydrogens is 528 g/mol. The van der Waals surface area contributed by atoms with E-state index in [1.165, 1.54) is 36.8 Å². The fourth-order valence-electron chi connectivity index (χ4n) is 8.33. The van der Waals surface area contributed by atoms with Crippen molar-refractivity contribution >= 4 is 16.9 Å². The zero-order valence-electron chi connectivity index (χ0n) is 25.2. The maximum atomic E-state index is 13.2. The molecule has 7 rings (SSSR count). The lowest BCUT2D eigenvalue weighted by Gasteiger charge is -2.46. The van der Waals surface area contributed by atoms with Crippen LogP contribution in [0.25, 0.3) is 11.0 Å². The number of amides is 1. The van der Waals surface area contributed by atoms with Crippen molar-refractivity contribution in [1.82, 2.24) is 19.4 Å². The number of piperidine rings is 2. The number of fused-ring (bicyclic) bond motifs is 4. The number of hydrogen-bond acceptors (Lipinski definition) is 6. The first kappa shape index (κ1) is 27.7. The van der Waals surface area contributed by atoms with Crippen molar-refractivity contribution < 1.29 is 19.4 Å². The number of aliphatic hydroxyl groups excluding tert-OH is 1. The molecule has 8 heteroatoms. The van der Waals surface area contributed by atoms with E-state index in [4.69, 9.17) is 14.5 Å². The van der Waals surface area contributed by atoms with E-state index >= 15 is 0 Å². The van der Waals surface area contributed by atoms with Crippen LogP contribution < -0.4 is 9.47 Å². The Hall–Kier alpha value is -3.10. The fourth-order valence-corrected chi connectivity index (χ4v) is 8.33. The molecule has 3 aromatic rings. The molecular formula is C34H44N4O4. The van der Waals surface area contributed by atoms with Crippen molar-refractivity contribution in [1.29, 1.82) is 0 Å². The number of ether oxygens (including phenoxy) is 2. The topological polar surface area (TPSA) is 80.1 Å². The number of benzene rings is 2. The Kier molecular flexibility index (Phi) is 6.97. The molecule has 0 saturated carbocycles. The number of aryl methyl sites for hydroxylation is 1. The second-order valence-corrected chi connectivity index (χ2v) is 13.7. The van der Waals surface area contributed by atoms with Crippen LogP contribution in [-0.4, -0.2) is 75.5 Å². The number of nitrogens with zero attached hydrogens (tertiary/aromatic N) is 4. The van der Waals surface area contributed by atoms with Crippen molar-refractivity contribution in [3.8, 4) is 11.5 Å². The number of likely N-dealkylation sites (tertiary alicyclic amines) is 1. The molecule has 4 aliphatic heterocycles. The summed E-state index contributed by atoms with van der Waals surface area (Å²) in [5.41, 5.74) is 2.88. The van der Waals surface area contributed by atoms with Gasteiger partial charge >= 0.3 is 0 Å². The summed E-state index contributed by atoms with van der Waals surface area (Å²) in [4.78, 5) is 22.8. The number of aliphatic hydroxyl groups is 1. The van der Waals surface area contributed by atoms with E-state index in [1.807, 2.05) is 18.7 Å². The lowest BCUT2D eigenvalue weighted by Crippen LogP contribution is -2.51. The third-order valence-corrected chi connectivity index (χ3v) is 10.8. The van der Waals surface area contributed by atoms with Crippen LogP contribution >= 0.6 is 0 Å². The van der Waals surface area contributed by atoms with Crippen molar-refractivity contribution in [2.24, 2.45) is 5.41 Å². The Bertz CT molecular complexity index is 1460. The van der Waals surface area contributed by atoms with E-state index in [2.05, 4.69) is 58.9 Å². The maximum Gasteiger partial charge on any atom is 0.231 e. The first-order valence-corrected chi connectivity index (χ1v) is 15.8. The smallest absolute Gasteiger partial charge is 0.231 e. The highest BCUT2D eigenvalue weighted by molar-refractivity contribution is 5.82. The molecule has 2 unspecified atom stereocenters. The van der Waals surface area contributed by atoms with Crippen LogP contribution in [0.15, 0.2) is 42.5 Å². The third kappa shape index (κ3) is 4.67. The van der Waals surface area contributed by atoms with Gasteiger partial charge in [-0.25, -0.2) is 4.98 Å². The van der Waals surface area contributed by atoms with Gasteiger partial charge < -0.3 is 24.0 Å². The summed E-state index contributed by atoms with van der Waals surface area (Å²) in [6.07, 6.45) is 7.76. The molecule has 5 heterocycles. The Balaban J connectivity index is 1.10. The molecule has 4 aliphatic rings. The summed E-state index contributed by atoms with van der Waals surface area (Å²) in [6, 6.07) is 16.7. The number of imidazole rings is 1. The van der Waals surface area contributed by atoms with E-state index in [9.17, 15) is 9.90 Å². The molecule has 0 aliphatic carbocycles. The van der Waals surface area contributed by atoms with Crippen LogP contribution in [0.5, 0.6) is 11.5 Å². The average Bonchev–Trinajstić information content (AvgIpc) is 3.68. The van der Waals surface area contributed by atoms with Gasteiger partial charge in [0.25, 0.3) is 0 Å². The predicted molar refractivity (Wildman–Crippen MR) is 162 cm³/mol. The highest BCUT2D eigenvalue weighted by atomic mass is 16.7. The van der Waals surface area contributed by atoms with Gasteiger partial charge in [-0.2, -0.15) is 0 Å². The Labute approximate surface area is 248 Å². The quantitative estimate of drug-likeness (QED) is 0.419. The lowest BCUT2D eigenvalue weighted by molar-refractivity contribution is -0.144. The van der Waals surface area contributed by atoms with E-state index in [1.54, 1.807) is 0 Å². The monoisotopic (exact) mass is 572 g/mol. The summed E-state index contributed by atoms with van der Waals surface area (Å²) in [5, 5.41) is 9.81. The third-order valence-electron chi connectivity index (χ3n) is 10.8. The molecule has 2 bridgehead atoms. The molecule has 2 atom stereocenters. The minimum Gasteiger partial charge on any atom is -0.454 e. The van der Waals surface area contributed by atoms with Gasteiger partial charge in [-0.1, -0.05) is 18.2 Å². The first-order chi connectivity index (χ1) is 20.3. The molecule has 42 heavy (non-hydrogen) atoms. The van der Waals surface area contributed by atoms with Gasteiger partial charge in [0.1, 0.15) is 5.82 Å². The Morgan fingerprint density at radius 2 is 1.74 bits per heavy atom. The number of carbonyl (C=O) groups excluding carboxylic acids is 1. The van der Waals surface area contributed by atoms with Crippen LogP contribution in [0.4, 0.5) is 0 Å². The SMILES string of the molecule is Cc1nc2ccccc2n1C1CC2CCC(C1)N2CCC1(c2ccc3c(c2)OCO3)CCN(C(=O)C(C)(C)CO)CC1. The minimum absolute atomic E-state index is 0.0332. The van der Waals surface area contributed by atoms with Gasteiger partial charge in [0, 0.05) is 36.6 Å². The summed E-state index contributed by atoms with van der Waals surface area (Å²) >= 11 is 0. The Morgan fingerprint density at radius 1 is 1.02 bits per heavy atom. The molecule has 1 N–H and O–H groups in total. The predicted octanol–water partition coefficient (Wildman–Crippen LogP) is 5.21.